The number of amides is 1. The molecule has 1 aromatic carbocycles. The van der Waals surface area contributed by atoms with Gasteiger partial charge in [-0.3, -0.25) is 4.79 Å². The first kappa shape index (κ1) is 12.3. The molecule has 1 aromatic rings. The van der Waals surface area contributed by atoms with E-state index < -0.39 is 0 Å². The van der Waals surface area contributed by atoms with Crippen LogP contribution in [0.4, 0.5) is 11.4 Å². The molecule has 0 spiro atoms. The second kappa shape index (κ2) is 5.09. The van der Waals surface area contributed by atoms with E-state index in [1.807, 2.05) is 29.2 Å². The van der Waals surface area contributed by atoms with Gasteiger partial charge in [0.25, 0.3) is 0 Å². The Kier molecular flexibility index (Phi) is 3.29. The van der Waals surface area contributed by atoms with E-state index in [2.05, 4.69) is 22.6 Å². The summed E-state index contributed by atoms with van der Waals surface area (Å²) >= 11 is 0. The van der Waals surface area contributed by atoms with E-state index in [1.54, 1.807) is 0 Å². The number of hydrogen-bond acceptors (Lipinski definition) is 4. The lowest BCUT2D eigenvalue weighted by Gasteiger charge is -2.36. The molecule has 5 nitrogen and oxygen atoms in total. The Morgan fingerprint density at radius 1 is 1.16 bits per heavy atom. The molecule has 2 heterocycles. The monoisotopic (exact) mass is 260 g/mol. The Bertz CT molecular complexity index is 468. The van der Waals surface area contributed by atoms with Gasteiger partial charge in [0, 0.05) is 32.7 Å². The van der Waals surface area contributed by atoms with E-state index in [4.69, 9.17) is 0 Å². The van der Waals surface area contributed by atoms with Gasteiger partial charge in [-0.1, -0.05) is 12.1 Å². The van der Waals surface area contributed by atoms with Crippen molar-refractivity contribution < 1.29 is 4.79 Å². The molecule has 1 fully saturated rings. The van der Waals surface area contributed by atoms with Crippen LogP contribution in [-0.2, 0) is 4.79 Å². The molecule has 0 aliphatic carbocycles. The second-order valence-electron chi connectivity index (χ2n) is 5.25. The molecule has 0 saturated carbocycles. The number of nitrogens with zero attached hydrogens (tertiary/aromatic N) is 2. The molecule has 1 atom stereocenters. The maximum Gasteiger partial charge on any atom is 0.246 e. The standard InChI is InChI=1S/C14H20N4O/c1-17-6-8-18(9-7-17)14(19)13-10-15-11-4-2-3-5-12(11)16-13/h2-5,13,15-16H,6-10H2,1H3. The molecule has 3 rings (SSSR count). The summed E-state index contributed by atoms with van der Waals surface area (Å²) in [6, 6.07) is 7.86. The van der Waals surface area contributed by atoms with Gasteiger partial charge in [0.05, 0.1) is 11.4 Å². The van der Waals surface area contributed by atoms with Gasteiger partial charge in [0.1, 0.15) is 6.04 Å². The highest BCUT2D eigenvalue weighted by Crippen LogP contribution is 2.25. The van der Waals surface area contributed by atoms with Crippen molar-refractivity contribution in [2.75, 3.05) is 50.4 Å². The van der Waals surface area contributed by atoms with Crippen molar-refractivity contribution in [2.24, 2.45) is 0 Å². The number of rotatable bonds is 1. The first-order valence-corrected chi connectivity index (χ1v) is 6.81. The summed E-state index contributed by atoms with van der Waals surface area (Å²) in [5, 5.41) is 6.66. The largest absolute Gasteiger partial charge is 0.381 e. The van der Waals surface area contributed by atoms with Crippen molar-refractivity contribution in [2.45, 2.75) is 6.04 Å². The Labute approximate surface area is 113 Å². The molecule has 1 amide bonds. The third kappa shape index (κ3) is 2.51. The normalized spacial score (nSPS) is 23.2. The van der Waals surface area contributed by atoms with Crippen LogP contribution in [0.1, 0.15) is 0 Å². The number of carbonyl (C=O) groups excluding carboxylic acids is 1. The average molecular weight is 260 g/mol. The molecular formula is C14H20N4O. The number of nitrogens with one attached hydrogen (secondary N) is 2. The molecule has 102 valence electrons. The van der Waals surface area contributed by atoms with Crippen LogP contribution in [-0.4, -0.2) is 61.5 Å². The Morgan fingerprint density at radius 2 is 1.84 bits per heavy atom. The molecule has 5 heteroatoms. The molecule has 1 unspecified atom stereocenters. The van der Waals surface area contributed by atoms with Gasteiger partial charge in [-0.05, 0) is 19.2 Å². The lowest BCUT2D eigenvalue weighted by Crippen LogP contribution is -2.54. The highest BCUT2D eigenvalue weighted by molar-refractivity contribution is 5.88. The summed E-state index contributed by atoms with van der Waals surface area (Å²) in [7, 11) is 2.10. The van der Waals surface area contributed by atoms with Crippen LogP contribution >= 0.6 is 0 Å². The zero-order chi connectivity index (χ0) is 13.2. The summed E-state index contributed by atoms with van der Waals surface area (Å²) in [4.78, 5) is 16.7. The SMILES string of the molecule is CN1CCN(C(=O)C2CNc3ccccc3N2)CC1. The summed E-state index contributed by atoms with van der Waals surface area (Å²) in [5.74, 6) is 0.204. The van der Waals surface area contributed by atoms with Crippen molar-refractivity contribution in [1.82, 2.24) is 9.80 Å². The van der Waals surface area contributed by atoms with E-state index in [-0.39, 0.29) is 11.9 Å². The zero-order valence-electron chi connectivity index (χ0n) is 11.2. The lowest BCUT2D eigenvalue weighted by molar-refractivity contribution is -0.133. The minimum atomic E-state index is -0.154. The summed E-state index contributed by atoms with van der Waals surface area (Å²) in [5.41, 5.74) is 2.09. The number of benzene rings is 1. The fraction of sp³-hybridized carbons (Fsp3) is 0.500. The smallest absolute Gasteiger partial charge is 0.246 e. The summed E-state index contributed by atoms with van der Waals surface area (Å²) < 4.78 is 0. The minimum absolute atomic E-state index is 0.154. The highest BCUT2D eigenvalue weighted by atomic mass is 16.2. The van der Waals surface area contributed by atoms with Crippen molar-refractivity contribution >= 4 is 17.3 Å². The molecule has 19 heavy (non-hydrogen) atoms. The molecule has 0 radical (unpaired) electrons. The maximum absolute atomic E-state index is 12.5. The van der Waals surface area contributed by atoms with Crippen molar-refractivity contribution in [1.29, 1.82) is 0 Å². The van der Waals surface area contributed by atoms with Gasteiger partial charge in [-0.15, -0.1) is 0 Å². The van der Waals surface area contributed by atoms with Gasteiger partial charge < -0.3 is 20.4 Å². The number of likely N-dealkylation sites (N-methyl/N-ethyl adjacent to an activating group) is 1. The van der Waals surface area contributed by atoms with E-state index >= 15 is 0 Å². The molecule has 2 aliphatic heterocycles. The van der Waals surface area contributed by atoms with E-state index in [1.165, 1.54) is 0 Å². The van der Waals surface area contributed by atoms with Gasteiger partial charge in [-0.25, -0.2) is 0 Å². The Hall–Kier alpha value is -1.75. The van der Waals surface area contributed by atoms with Gasteiger partial charge in [-0.2, -0.15) is 0 Å². The number of carbonyl (C=O) groups is 1. The minimum Gasteiger partial charge on any atom is -0.381 e. The first-order valence-electron chi connectivity index (χ1n) is 6.81. The number of piperazine rings is 1. The number of hydrogen-bond donors (Lipinski definition) is 2. The second-order valence-corrected chi connectivity index (χ2v) is 5.25. The molecule has 2 N–H and O–H groups in total. The quantitative estimate of drug-likeness (QED) is 0.779. The van der Waals surface area contributed by atoms with Gasteiger partial charge >= 0.3 is 0 Å². The Morgan fingerprint density at radius 3 is 2.58 bits per heavy atom. The van der Waals surface area contributed by atoms with Crippen molar-refractivity contribution in [3.63, 3.8) is 0 Å². The molecule has 0 aromatic heterocycles. The molecule has 0 bridgehead atoms. The van der Waals surface area contributed by atoms with E-state index in [0.717, 1.165) is 37.6 Å². The van der Waals surface area contributed by atoms with Crippen molar-refractivity contribution in [3.8, 4) is 0 Å². The van der Waals surface area contributed by atoms with Crippen molar-refractivity contribution in [3.05, 3.63) is 24.3 Å². The molecular weight excluding hydrogens is 240 g/mol. The lowest BCUT2D eigenvalue weighted by atomic mass is 10.1. The molecule has 2 aliphatic rings. The number of fused-ring (bicyclic) bond motifs is 1. The van der Waals surface area contributed by atoms with Crippen LogP contribution in [0.15, 0.2) is 24.3 Å². The summed E-state index contributed by atoms with van der Waals surface area (Å²) in [6.07, 6.45) is 0. The third-order valence-corrected chi connectivity index (χ3v) is 3.87. The average Bonchev–Trinajstić information content (AvgIpc) is 2.47. The maximum atomic E-state index is 12.5. The fourth-order valence-electron chi connectivity index (χ4n) is 2.61. The number of para-hydroxylation sites is 2. The predicted octanol–water partition coefficient (Wildman–Crippen LogP) is 0.667. The van der Waals surface area contributed by atoms with Crippen LogP contribution in [0.2, 0.25) is 0 Å². The first-order chi connectivity index (χ1) is 9.24. The van der Waals surface area contributed by atoms with Crippen LogP contribution < -0.4 is 10.6 Å². The third-order valence-electron chi connectivity index (χ3n) is 3.87. The van der Waals surface area contributed by atoms with Crippen LogP contribution in [0.25, 0.3) is 0 Å². The summed E-state index contributed by atoms with van der Waals surface area (Å²) in [6.45, 7) is 4.23. The van der Waals surface area contributed by atoms with E-state index in [9.17, 15) is 4.79 Å². The predicted molar refractivity (Wildman–Crippen MR) is 76.4 cm³/mol. The van der Waals surface area contributed by atoms with Gasteiger partial charge in [0.2, 0.25) is 5.91 Å². The van der Waals surface area contributed by atoms with Crippen LogP contribution in [0.3, 0.4) is 0 Å². The van der Waals surface area contributed by atoms with Crippen LogP contribution in [0.5, 0.6) is 0 Å². The highest BCUT2D eigenvalue weighted by Gasteiger charge is 2.29. The fourth-order valence-corrected chi connectivity index (χ4v) is 2.61. The Balaban J connectivity index is 1.66. The zero-order valence-corrected chi connectivity index (χ0v) is 11.2. The van der Waals surface area contributed by atoms with E-state index in [0.29, 0.717) is 6.54 Å². The van der Waals surface area contributed by atoms with Crippen LogP contribution in [0, 0.1) is 0 Å². The number of anilines is 2. The van der Waals surface area contributed by atoms with Gasteiger partial charge in [0.15, 0.2) is 0 Å². The molecule has 1 saturated heterocycles. The topological polar surface area (TPSA) is 47.6 Å².